The molecule has 1 aliphatic carbocycles. The lowest BCUT2D eigenvalue weighted by Gasteiger charge is -2.29. The Labute approximate surface area is 123 Å². The highest BCUT2D eigenvalue weighted by molar-refractivity contribution is 6.05. The second-order valence-electron chi connectivity index (χ2n) is 5.86. The van der Waals surface area contributed by atoms with Crippen molar-refractivity contribution in [2.24, 2.45) is 0 Å². The number of hydrogen-bond donors (Lipinski definition) is 2. The van der Waals surface area contributed by atoms with Crippen LogP contribution in [-0.2, 0) is 6.42 Å². The summed E-state index contributed by atoms with van der Waals surface area (Å²) < 4.78 is 0. The van der Waals surface area contributed by atoms with E-state index in [2.05, 4.69) is 9.97 Å². The predicted octanol–water partition coefficient (Wildman–Crippen LogP) is 2.46. The molecular formula is C16H18N4O. The van der Waals surface area contributed by atoms with Crippen LogP contribution in [0.5, 0.6) is 0 Å². The number of benzene rings is 1. The van der Waals surface area contributed by atoms with Gasteiger partial charge in [0.15, 0.2) is 0 Å². The Hall–Kier alpha value is -2.30. The fourth-order valence-electron chi connectivity index (χ4n) is 3.02. The average Bonchev–Trinajstić information content (AvgIpc) is 3.24. The van der Waals surface area contributed by atoms with Gasteiger partial charge in [-0.3, -0.25) is 4.79 Å². The Balaban J connectivity index is 1.67. The lowest BCUT2D eigenvalue weighted by molar-refractivity contribution is 0.0981. The molecule has 21 heavy (non-hydrogen) atoms. The maximum Gasteiger partial charge on any atom is 0.276 e. The molecule has 1 amide bonds. The minimum Gasteiger partial charge on any atom is -0.398 e. The van der Waals surface area contributed by atoms with E-state index in [0.29, 0.717) is 11.6 Å². The van der Waals surface area contributed by atoms with Crippen LogP contribution in [0.25, 0.3) is 0 Å². The molecule has 0 bridgehead atoms. The number of imidazole rings is 1. The molecule has 1 fully saturated rings. The van der Waals surface area contributed by atoms with E-state index in [-0.39, 0.29) is 5.91 Å². The number of fused-ring (bicyclic) bond motifs is 1. The second-order valence-corrected chi connectivity index (χ2v) is 5.86. The van der Waals surface area contributed by atoms with Crippen molar-refractivity contribution in [3.63, 3.8) is 0 Å². The largest absolute Gasteiger partial charge is 0.398 e. The van der Waals surface area contributed by atoms with Crippen LogP contribution in [0.4, 0.5) is 11.4 Å². The number of nitrogens with one attached hydrogen (secondary N) is 1. The molecule has 2 heterocycles. The Morgan fingerprint density at radius 2 is 2.24 bits per heavy atom. The smallest absolute Gasteiger partial charge is 0.276 e. The first-order valence-corrected chi connectivity index (χ1v) is 7.48. The Bertz CT molecular complexity index is 702. The van der Waals surface area contributed by atoms with Crippen LogP contribution in [-0.4, -0.2) is 22.4 Å². The van der Waals surface area contributed by atoms with Crippen LogP contribution in [0.15, 0.2) is 24.4 Å². The van der Waals surface area contributed by atoms with Crippen LogP contribution in [0, 0.1) is 0 Å². The maximum absolute atomic E-state index is 12.7. The summed E-state index contributed by atoms with van der Waals surface area (Å²) in [5, 5.41) is 0. The number of nitrogens with zero attached hydrogens (tertiary/aromatic N) is 2. The summed E-state index contributed by atoms with van der Waals surface area (Å²) >= 11 is 0. The minimum absolute atomic E-state index is 0.0130. The number of anilines is 2. The van der Waals surface area contributed by atoms with Gasteiger partial charge in [-0.05, 0) is 43.4 Å². The highest BCUT2D eigenvalue weighted by Crippen LogP contribution is 2.38. The molecule has 3 N–H and O–H groups in total. The van der Waals surface area contributed by atoms with E-state index in [1.54, 1.807) is 6.20 Å². The molecule has 0 unspecified atom stereocenters. The topological polar surface area (TPSA) is 75.0 Å². The monoisotopic (exact) mass is 282 g/mol. The normalized spacial score (nSPS) is 17.6. The molecule has 2 aliphatic rings. The lowest BCUT2D eigenvalue weighted by Crippen LogP contribution is -2.36. The van der Waals surface area contributed by atoms with E-state index in [0.717, 1.165) is 42.1 Å². The summed E-state index contributed by atoms with van der Waals surface area (Å²) in [5.74, 6) is 1.46. The Morgan fingerprint density at radius 3 is 3.05 bits per heavy atom. The lowest BCUT2D eigenvalue weighted by atomic mass is 9.99. The zero-order chi connectivity index (χ0) is 14.4. The second kappa shape index (κ2) is 4.62. The number of amides is 1. The van der Waals surface area contributed by atoms with E-state index in [1.807, 2.05) is 23.1 Å². The molecule has 1 aliphatic heterocycles. The summed E-state index contributed by atoms with van der Waals surface area (Å²) in [7, 11) is 0. The van der Waals surface area contributed by atoms with Crippen molar-refractivity contribution in [2.45, 2.75) is 31.6 Å². The van der Waals surface area contributed by atoms with Gasteiger partial charge in [0, 0.05) is 23.8 Å². The highest BCUT2D eigenvalue weighted by Gasteiger charge is 2.29. The van der Waals surface area contributed by atoms with Gasteiger partial charge in [-0.15, -0.1) is 0 Å². The summed E-state index contributed by atoms with van der Waals surface area (Å²) in [4.78, 5) is 22.1. The van der Waals surface area contributed by atoms with E-state index in [4.69, 9.17) is 5.73 Å². The maximum atomic E-state index is 12.7. The van der Waals surface area contributed by atoms with Gasteiger partial charge < -0.3 is 15.6 Å². The number of H-pyrrole nitrogens is 1. The van der Waals surface area contributed by atoms with Gasteiger partial charge in [-0.25, -0.2) is 4.98 Å². The molecule has 0 radical (unpaired) electrons. The number of nitrogen functional groups attached to an aromatic ring is 1. The number of carbonyl (C=O) groups is 1. The first kappa shape index (κ1) is 12.4. The van der Waals surface area contributed by atoms with Gasteiger partial charge in [0.1, 0.15) is 11.5 Å². The molecule has 2 aromatic rings. The third kappa shape index (κ3) is 2.09. The summed E-state index contributed by atoms with van der Waals surface area (Å²) in [6, 6.07) is 5.78. The number of aromatic nitrogens is 2. The van der Waals surface area contributed by atoms with Crippen molar-refractivity contribution in [1.82, 2.24) is 9.97 Å². The molecule has 1 aromatic carbocycles. The average molecular weight is 282 g/mol. The molecule has 1 saturated carbocycles. The van der Waals surface area contributed by atoms with Crippen LogP contribution in [0.2, 0.25) is 0 Å². The number of nitrogens with two attached hydrogens (primary N) is 1. The molecule has 5 heteroatoms. The van der Waals surface area contributed by atoms with Gasteiger partial charge in [0.2, 0.25) is 0 Å². The number of hydrogen-bond acceptors (Lipinski definition) is 3. The van der Waals surface area contributed by atoms with Crippen LogP contribution >= 0.6 is 0 Å². The highest BCUT2D eigenvalue weighted by atomic mass is 16.2. The Morgan fingerprint density at radius 1 is 1.38 bits per heavy atom. The molecule has 5 nitrogen and oxygen atoms in total. The van der Waals surface area contributed by atoms with Crippen molar-refractivity contribution in [1.29, 1.82) is 0 Å². The zero-order valence-electron chi connectivity index (χ0n) is 11.8. The number of aromatic amines is 1. The standard InChI is InChI=1S/C16H18N4O/c17-12-4-1-5-14-11(12)3-2-8-20(14)16(21)13-9-18-15(19-13)10-6-7-10/h1,4-5,9-10H,2-3,6-8,17H2,(H,18,19). The van der Waals surface area contributed by atoms with Gasteiger partial charge >= 0.3 is 0 Å². The molecule has 0 saturated heterocycles. The van der Waals surface area contributed by atoms with Gasteiger partial charge in [0.05, 0.1) is 6.20 Å². The first-order chi connectivity index (χ1) is 10.2. The summed E-state index contributed by atoms with van der Waals surface area (Å²) in [6.07, 6.45) is 5.88. The van der Waals surface area contributed by atoms with E-state index in [1.165, 1.54) is 12.8 Å². The van der Waals surface area contributed by atoms with E-state index >= 15 is 0 Å². The van der Waals surface area contributed by atoms with Crippen molar-refractivity contribution in [3.05, 3.63) is 41.5 Å². The zero-order valence-corrected chi connectivity index (χ0v) is 11.8. The minimum atomic E-state index is -0.0130. The third-order valence-electron chi connectivity index (χ3n) is 4.32. The van der Waals surface area contributed by atoms with Crippen molar-refractivity contribution in [3.8, 4) is 0 Å². The van der Waals surface area contributed by atoms with Crippen molar-refractivity contribution in [2.75, 3.05) is 17.2 Å². The Kier molecular flexibility index (Phi) is 2.74. The third-order valence-corrected chi connectivity index (χ3v) is 4.32. The quantitative estimate of drug-likeness (QED) is 0.831. The summed E-state index contributed by atoms with van der Waals surface area (Å²) in [6.45, 7) is 0.729. The van der Waals surface area contributed by atoms with Crippen LogP contribution < -0.4 is 10.6 Å². The van der Waals surface area contributed by atoms with E-state index < -0.39 is 0 Å². The molecule has 1 aromatic heterocycles. The van der Waals surface area contributed by atoms with Crippen molar-refractivity contribution < 1.29 is 4.79 Å². The molecular weight excluding hydrogens is 264 g/mol. The number of carbonyl (C=O) groups excluding carboxylic acids is 1. The molecule has 4 rings (SSSR count). The SMILES string of the molecule is Nc1cccc2c1CCCN2C(=O)c1cnc(C2CC2)[nH]1. The molecule has 0 atom stereocenters. The molecule has 0 spiro atoms. The summed E-state index contributed by atoms with van der Waals surface area (Å²) in [5.41, 5.74) is 9.41. The molecule has 108 valence electrons. The number of rotatable bonds is 2. The van der Waals surface area contributed by atoms with Gasteiger partial charge in [0.25, 0.3) is 5.91 Å². The van der Waals surface area contributed by atoms with Crippen molar-refractivity contribution >= 4 is 17.3 Å². The first-order valence-electron chi connectivity index (χ1n) is 7.48. The van der Waals surface area contributed by atoms with Crippen LogP contribution in [0.3, 0.4) is 0 Å². The van der Waals surface area contributed by atoms with Gasteiger partial charge in [-0.2, -0.15) is 0 Å². The van der Waals surface area contributed by atoms with Gasteiger partial charge in [-0.1, -0.05) is 6.07 Å². The fraction of sp³-hybridized carbons (Fsp3) is 0.375. The fourth-order valence-corrected chi connectivity index (χ4v) is 3.02. The van der Waals surface area contributed by atoms with Crippen LogP contribution in [0.1, 0.15) is 47.1 Å². The van der Waals surface area contributed by atoms with E-state index in [9.17, 15) is 4.79 Å². The predicted molar refractivity (Wildman–Crippen MR) is 81.4 cm³/mol.